The molecule has 2 unspecified atom stereocenters. The van der Waals surface area contributed by atoms with E-state index in [9.17, 15) is 4.79 Å². The molecule has 1 aromatic carbocycles. The first-order valence-corrected chi connectivity index (χ1v) is 11.3. The highest BCUT2D eigenvalue weighted by molar-refractivity contribution is 5.71. The van der Waals surface area contributed by atoms with Crippen LogP contribution in [0.25, 0.3) is 0 Å². The third kappa shape index (κ3) is 5.09. The zero-order valence-electron chi connectivity index (χ0n) is 19.0. The van der Waals surface area contributed by atoms with Gasteiger partial charge in [-0.15, -0.1) is 5.92 Å². The van der Waals surface area contributed by atoms with Crippen molar-refractivity contribution < 1.29 is 14.3 Å². The van der Waals surface area contributed by atoms with Crippen LogP contribution in [-0.2, 0) is 9.53 Å². The van der Waals surface area contributed by atoms with E-state index in [0.717, 1.165) is 17.9 Å². The van der Waals surface area contributed by atoms with E-state index in [0.29, 0.717) is 16.7 Å². The Labute approximate surface area is 182 Å². The number of carbonyl (C=O) groups excluding carboxylic acids is 1. The lowest BCUT2D eigenvalue weighted by atomic mass is 9.53. The maximum Gasteiger partial charge on any atom is 0.307 e. The van der Waals surface area contributed by atoms with Crippen molar-refractivity contribution in [2.24, 2.45) is 16.7 Å². The van der Waals surface area contributed by atoms with Crippen molar-refractivity contribution in [3.63, 3.8) is 0 Å². The Morgan fingerprint density at radius 3 is 2.67 bits per heavy atom. The number of esters is 1. The number of carbonyl (C=O) groups is 1. The number of benzene rings is 1. The SMILES string of the molecule is CC#C[C@@H](CC(=O)OC)c1ccc(OCC2CCCC3(C=CCCC3(C)C)C2)cc1. The molecule has 2 aliphatic rings. The number of methoxy groups -OCH3 is 1. The Balaban J connectivity index is 1.60. The second-order valence-corrected chi connectivity index (χ2v) is 9.55. The van der Waals surface area contributed by atoms with Crippen LogP contribution >= 0.6 is 0 Å². The Morgan fingerprint density at radius 2 is 2.00 bits per heavy atom. The fraction of sp³-hybridized carbons (Fsp3) is 0.593. The molecule has 0 aliphatic heterocycles. The summed E-state index contributed by atoms with van der Waals surface area (Å²) in [5.41, 5.74) is 1.73. The van der Waals surface area contributed by atoms with E-state index in [-0.39, 0.29) is 18.3 Å². The van der Waals surface area contributed by atoms with Crippen LogP contribution in [0, 0.1) is 28.6 Å². The number of ether oxygens (including phenoxy) is 2. The van der Waals surface area contributed by atoms with Gasteiger partial charge in [-0.25, -0.2) is 0 Å². The summed E-state index contributed by atoms with van der Waals surface area (Å²) < 4.78 is 11.0. The van der Waals surface area contributed by atoms with E-state index in [2.05, 4.69) is 37.8 Å². The molecule has 0 aromatic heterocycles. The monoisotopic (exact) mass is 408 g/mol. The molecule has 1 aromatic rings. The quantitative estimate of drug-likeness (QED) is 0.315. The zero-order chi connectivity index (χ0) is 21.6. The molecule has 1 spiro atoms. The fourth-order valence-electron chi connectivity index (χ4n) is 5.25. The van der Waals surface area contributed by atoms with Crippen LogP contribution in [0.4, 0.5) is 0 Å². The molecule has 3 nitrogen and oxygen atoms in total. The van der Waals surface area contributed by atoms with Crippen LogP contribution in [-0.4, -0.2) is 19.7 Å². The molecule has 0 heterocycles. The van der Waals surface area contributed by atoms with Gasteiger partial charge in [0, 0.05) is 0 Å². The average Bonchev–Trinajstić information content (AvgIpc) is 2.75. The minimum Gasteiger partial charge on any atom is -0.493 e. The summed E-state index contributed by atoms with van der Waals surface area (Å²) in [4.78, 5) is 11.7. The summed E-state index contributed by atoms with van der Waals surface area (Å²) in [6.45, 7) is 7.46. The predicted molar refractivity (Wildman–Crippen MR) is 121 cm³/mol. The van der Waals surface area contributed by atoms with Crippen molar-refractivity contribution in [3.05, 3.63) is 42.0 Å². The van der Waals surface area contributed by atoms with Crippen molar-refractivity contribution in [2.45, 2.75) is 71.6 Å². The van der Waals surface area contributed by atoms with E-state index in [1.165, 1.54) is 45.6 Å². The van der Waals surface area contributed by atoms with Gasteiger partial charge in [-0.05, 0) is 73.5 Å². The van der Waals surface area contributed by atoms with Crippen molar-refractivity contribution in [3.8, 4) is 17.6 Å². The molecule has 162 valence electrons. The highest BCUT2D eigenvalue weighted by Gasteiger charge is 2.46. The highest BCUT2D eigenvalue weighted by atomic mass is 16.5. The maximum absolute atomic E-state index is 11.7. The molecular formula is C27H36O3. The van der Waals surface area contributed by atoms with E-state index in [4.69, 9.17) is 9.47 Å². The molecule has 3 atom stereocenters. The largest absolute Gasteiger partial charge is 0.493 e. The predicted octanol–water partition coefficient (Wildman–Crippen LogP) is 6.29. The topological polar surface area (TPSA) is 35.5 Å². The van der Waals surface area contributed by atoms with Crippen molar-refractivity contribution in [1.29, 1.82) is 0 Å². The third-order valence-electron chi connectivity index (χ3n) is 7.29. The van der Waals surface area contributed by atoms with Gasteiger partial charge in [0.2, 0.25) is 0 Å². The molecule has 1 fully saturated rings. The molecule has 3 rings (SSSR count). The Kier molecular flexibility index (Phi) is 7.29. The van der Waals surface area contributed by atoms with Crippen LogP contribution in [0.15, 0.2) is 36.4 Å². The third-order valence-corrected chi connectivity index (χ3v) is 7.29. The zero-order valence-corrected chi connectivity index (χ0v) is 19.0. The standard InChI is InChI=1S/C27H36O3/c1-5-9-23(18-25(28)29-4)22-11-13-24(14-12-22)30-20-21-10-8-17-27(19-21)16-7-6-15-26(27,2)3/h7,11-14,16,21,23H,6,8,10,15,17-20H2,1-4H3/t21?,23-,27?/m0/s1. The molecular weight excluding hydrogens is 372 g/mol. The summed E-state index contributed by atoms with van der Waals surface area (Å²) in [7, 11) is 1.41. The summed E-state index contributed by atoms with van der Waals surface area (Å²) in [6.07, 6.45) is 12.7. The van der Waals surface area contributed by atoms with E-state index in [1.807, 2.05) is 24.3 Å². The second-order valence-electron chi connectivity index (χ2n) is 9.55. The summed E-state index contributed by atoms with van der Waals surface area (Å²) >= 11 is 0. The summed E-state index contributed by atoms with van der Waals surface area (Å²) in [5.74, 6) is 7.13. The lowest BCUT2D eigenvalue weighted by molar-refractivity contribution is -0.140. The molecule has 0 amide bonds. The van der Waals surface area contributed by atoms with E-state index in [1.54, 1.807) is 6.92 Å². The molecule has 30 heavy (non-hydrogen) atoms. The van der Waals surface area contributed by atoms with Gasteiger partial charge in [-0.2, -0.15) is 0 Å². The Morgan fingerprint density at radius 1 is 1.23 bits per heavy atom. The van der Waals surface area contributed by atoms with Crippen LogP contribution < -0.4 is 4.74 Å². The molecule has 2 aliphatic carbocycles. The summed E-state index contributed by atoms with van der Waals surface area (Å²) in [6, 6.07) is 8.03. The lowest BCUT2D eigenvalue weighted by Crippen LogP contribution is -2.42. The first kappa shape index (κ1) is 22.5. The molecule has 0 saturated heterocycles. The average molecular weight is 409 g/mol. The number of hydrogen-bond acceptors (Lipinski definition) is 3. The van der Waals surface area contributed by atoms with Crippen LogP contribution in [0.5, 0.6) is 5.75 Å². The van der Waals surface area contributed by atoms with Gasteiger partial charge in [-0.3, -0.25) is 4.79 Å². The first-order chi connectivity index (χ1) is 14.4. The molecule has 1 saturated carbocycles. The number of allylic oxidation sites excluding steroid dienone is 2. The van der Waals surface area contributed by atoms with Gasteiger partial charge in [0.1, 0.15) is 5.75 Å². The highest BCUT2D eigenvalue weighted by Crippen LogP contribution is 2.56. The van der Waals surface area contributed by atoms with Crippen LogP contribution in [0.3, 0.4) is 0 Å². The van der Waals surface area contributed by atoms with Gasteiger partial charge in [0.25, 0.3) is 0 Å². The maximum atomic E-state index is 11.7. The molecule has 0 radical (unpaired) electrons. The van der Waals surface area contributed by atoms with Crippen molar-refractivity contribution >= 4 is 5.97 Å². The van der Waals surface area contributed by atoms with Gasteiger partial charge in [0.15, 0.2) is 0 Å². The van der Waals surface area contributed by atoms with Gasteiger partial charge in [0.05, 0.1) is 26.1 Å². The second kappa shape index (κ2) is 9.73. The van der Waals surface area contributed by atoms with Crippen molar-refractivity contribution in [1.82, 2.24) is 0 Å². The minimum atomic E-state index is -0.242. The number of rotatable bonds is 6. The van der Waals surface area contributed by atoms with Crippen LogP contribution in [0.1, 0.15) is 77.2 Å². The van der Waals surface area contributed by atoms with Gasteiger partial charge < -0.3 is 9.47 Å². The minimum absolute atomic E-state index is 0.143. The Bertz CT molecular complexity index is 809. The van der Waals surface area contributed by atoms with Crippen LogP contribution in [0.2, 0.25) is 0 Å². The van der Waals surface area contributed by atoms with Gasteiger partial charge in [-0.1, -0.05) is 50.5 Å². The normalized spacial score (nSPS) is 25.8. The smallest absolute Gasteiger partial charge is 0.307 e. The molecule has 0 bridgehead atoms. The van der Waals surface area contributed by atoms with Gasteiger partial charge >= 0.3 is 5.97 Å². The molecule has 3 heteroatoms. The van der Waals surface area contributed by atoms with E-state index < -0.39 is 0 Å². The fourth-order valence-corrected chi connectivity index (χ4v) is 5.25. The summed E-state index contributed by atoms with van der Waals surface area (Å²) in [5, 5.41) is 0. The lowest BCUT2D eigenvalue weighted by Gasteiger charge is -2.51. The first-order valence-electron chi connectivity index (χ1n) is 11.3. The molecule has 0 N–H and O–H groups in total. The van der Waals surface area contributed by atoms with E-state index >= 15 is 0 Å². The van der Waals surface area contributed by atoms with Crippen molar-refractivity contribution in [2.75, 3.05) is 13.7 Å². The Hall–Kier alpha value is -2.21. The number of hydrogen-bond donors (Lipinski definition) is 0.